The van der Waals surface area contributed by atoms with Gasteiger partial charge in [0.05, 0.1) is 18.7 Å². The van der Waals surface area contributed by atoms with E-state index in [9.17, 15) is 24.3 Å². The van der Waals surface area contributed by atoms with Gasteiger partial charge in [0.15, 0.2) is 0 Å². The van der Waals surface area contributed by atoms with Crippen molar-refractivity contribution in [1.29, 1.82) is 0 Å². The molecule has 0 aliphatic rings. The first-order chi connectivity index (χ1) is 15.2. The van der Waals surface area contributed by atoms with Crippen molar-refractivity contribution in [2.45, 2.75) is 43.9 Å². The number of thiol groups is 1. The summed E-state index contributed by atoms with van der Waals surface area (Å²) in [6.07, 6.45) is 5.80. The van der Waals surface area contributed by atoms with Gasteiger partial charge in [-0.3, -0.25) is 14.4 Å². The van der Waals surface area contributed by atoms with Crippen LogP contribution >= 0.6 is 12.6 Å². The van der Waals surface area contributed by atoms with Crippen LogP contribution < -0.4 is 21.7 Å². The molecule has 0 fully saturated rings. The molecule has 13 nitrogen and oxygen atoms in total. The molecule has 0 radical (unpaired) electrons. The largest absolute Gasteiger partial charge is 0.480 e. The maximum Gasteiger partial charge on any atom is 0.326 e. The van der Waals surface area contributed by atoms with Gasteiger partial charge in [-0.15, -0.1) is 0 Å². The van der Waals surface area contributed by atoms with Crippen LogP contribution in [0.3, 0.4) is 0 Å². The lowest BCUT2D eigenvalue weighted by Gasteiger charge is -2.23. The van der Waals surface area contributed by atoms with Gasteiger partial charge >= 0.3 is 5.97 Å². The maximum absolute atomic E-state index is 12.8. The van der Waals surface area contributed by atoms with E-state index in [0.717, 1.165) is 0 Å². The third kappa shape index (κ3) is 7.39. The minimum Gasteiger partial charge on any atom is -0.480 e. The Morgan fingerprint density at radius 2 is 1.41 bits per heavy atom. The third-order valence-corrected chi connectivity index (χ3v) is 4.80. The third-order valence-electron chi connectivity index (χ3n) is 4.43. The van der Waals surface area contributed by atoms with Gasteiger partial charge in [0.1, 0.15) is 18.1 Å². The van der Waals surface area contributed by atoms with Crippen molar-refractivity contribution in [3.8, 4) is 0 Å². The number of aliphatic carboxylic acids is 1. The quantitative estimate of drug-likeness (QED) is 0.160. The van der Waals surface area contributed by atoms with E-state index in [-0.39, 0.29) is 18.6 Å². The number of carboxylic acids is 1. The highest BCUT2D eigenvalue weighted by atomic mass is 32.1. The predicted molar refractivity (Wildman–Crippen MR) is 116 cm³/mol. The molecule has 0 aliphatic carbocycles. The molecule has 4 atom stereocenters. The molecule has 0 saturated carbocycles. The second kappa shape index (κ2) is 11.9. The number of aromatic nitrogens is 4. The number of carboxylic acid groups (broad SMARTS) is 1. The van der Waals surface area contributed by atoms with Crippen LogP contribution in [0.2, 0.25) is 0 Å². The van der Waals surface area contributed by atoms with E-state index in [4.69, 9.17) is 5.73 Å². The molecule has 32 heavy (non-hydrogen) atoms. The van der Waals surface area contributed by atoms with Crippen LogP contribution in [0, 0.1) is 0 Å². The summed E-state index contributed by atoms with van der Waals surface area (Å²) in [6, 6.07) is -4.30. The number of hydrogen-bond donors (Lipinski definition) is 8. The maximum atomic E-state index is 12.8. The number of rotatable bonds is 12. The van der Waals surface area contributed by atoms with Crippen LogP contribution in [0.15, 0.2) is 25.0 Å². The van der Waals surface area contributed by atoms with E-state index in [1.165, 1.54) is 32.0 Å². The summed E-state index contributed by atoms with van der Waals surface area (Å²) in [5.41, 5.74) is 6.66. The number of H-pyrrole nitrogens is 2. The fourth-order valence-electron chi connectivity index (χ4n) is 2.68. The van der Waals surface area contributed by atoms with Gasteiger partial charge in [-0.05, 0) is 6.92 Å². The summed E-state index contributed by atoms with van der Waals surface area (Å²) in [6.45, 7) is 1.47. The zero-order valence-electron chi connectivity index (χ0n) is 17.2. The highest BCUT2D eigenvalue weighted by molar-refractivity contribution is 7.80. The Labute approximate surface area is 188 Å². The van der Waals surface area contributed by atoms with E-state index in [1.54, 1.807) is 0 Å². The molecule has 2 rings (SSSR count). The average molecular weight is 467 g/mol. The molecule has 0 aromatic carbocycles. The molecule has 2 heterocycles. The minimum absolute atomic E-state index is 0.0266. The lowest BCUT2D eigenvalue weighted by molar-refractivity contribution is -0.142. The molecule has 8 N–H and O–H groups in total. The lowest BCUT2D eigenvalue weighted by Crippen LogP contribution is -2.58. The van der Waals surface area contributed by atoms with Gasteiger partial charge in [0.25, 0.3) is 0 Å². The molecule has 2 aromatic rings. The standard InChI is InChI=1S/C18H26N8O5S/c1-9(19)15(27)24-12(2-10-4-20-7-22-10)16(28)26-14(6-32)17(29)25-13(18(30)31)3-11-5-21-8-23-11/h4-5,7-9,12-14,32H,2-3,6,19H2,1H3,(H,20,22)(H,21,23)(H,24,27)(H,25,29)(H,26,28)(H,30,31). The first-order valence-electron chi connectivity index (χ1n) is 9.66. The van der Waals surface area contributed by atoms with E-state index in [1.807, 2.05) is 0 Å². The minimum atomic E-state index is -1.25. The van der Waals surface area contributed by atoms with Gasteiger partial charge in [-0.25, -0.2) is 14.8 Å². The SMILES string of the molecule is CC(N)C(=O)NC(Cc1cnc[nH]1)C(=O)NC(CS)C(=O)NC(Cc1cnc[nH]1)C(=O)O. The monoisotopic (exact) mass is 466 g/mol. The van der Waals surface area contributed by atoms with Crippen LogP contribution in [0.4, 0.5) is 0 Å². The Balaban J connectivity index is 2.06. The molecular formula is C18H26N8O5S. The Morgan fingerprint density at radius 1 is 0.938 bits per heavy atom. The molecule has 174 valence electrons. The number of carbonyl (C=O) groups is 4. The van der Waals surface area contributed by atoms with Crippen LogP contribution in [-0.2, 0) is 32.0 Å². The van der Waals surface area contributed by atoms with Gasteiger partial charge in [-0.2, -0.15) is 12.6 Å². The van der Waals surface area contributed by atoms with Gasteiger partial charge in [-0.1, -0.05) is 0 Å². The Bertz CT molecular complexity index is 903. The molecule has 0 aliphatic heterocycles. The van der Waals surface area contributed by atoms with Crippen molar-refractivity contribution < 1.29 is 24.3 Å². The number of hydrogen-bond acceptors (Lipinski definition) is 8. The van der Waals surface area contributed by atoms with Crippen LogP contribution in [0.1, 0.15) is 18.3 Å². The Hall–Kier alpha value is -3.39. The Kier molecular flexibility index (Phi) is 9.22. The van der Waals surface area contributed by atoms with Crippen molar-refractivity contribution in [3.63, 3.8) is 0 Å². The normalized spacial score (nSPS) is 14.6. The van der Waals surface area contributed by atoms with Crippen LogP contribution in [0.5, 0.6) is 0 Å². The van der Waals surface area contributed by atoms with E-state index in [2.05, 4.69) is 48.5 Å². The average Bonchev–Trinajstić information content (AvgIpc) is 3.44. The summed E-state index contributed by atoms with van der Waals surface area (Å²) >= 11 is 4.09. The summed E-state index contributed by atoms with van der Waals surface area (Å²) in [5, 5.41) is 16.8. The number of nitrogens with zero attached hydrogens (tertiary/aromatic N) is 2. The molecule has 0 bridgehead atoms. The first-order valence-corrected chi connectivity index (χ1v) is 10.3. The number of nitrogens with two attached hydrogens (primary N) is 1. The number of carbonyl (C=O) groups excluding carboxylic acids is 3. The topological polar surface area (TPSA) is 208 Å². The number of amides is 3. The predicted octanol–water partition coefficient (Wildman–Crippen LogP) is -2.27. The molecular weight excluding hydrogens is 440 g/mol. The zero-order valence-corrected chi connectivity index (χ0v) is 18.1. The van der Waals surface area contributed by atoms with Gasteiger partial charge in [0.2, 0.25) is 17.7 Å². The second-order valence-electron chi connectivity index (χ2n) is 7.05. The molecule has 2 aromatic heterocycles. The van der Waals surface area contributed by atoms with Crippen molar-refractivity contribution in [2.75, 3.05) is 5.75 Å². The first kappa shape index (κ1) is 24.9. The highest BCUT2D eigenvalue weighted by Gasteiger charge is 2.30. The molecule has 4 unspecified atom stereocenters. The van der Waals surface area contributed by atoms with Crippen molar-refractivity contribution in [3.05, 3.63) is 36.4 Å². The van der Waals surface area contributed by atoms with E-state index in [0.29, 0.717) is 11.4 Å². The summed E-state index contributed by atoms with van der Waals surface area (Å²) in [7, 11) is 0. The summed E-state index contributed by atoms with van der Waals surface area (Å²) in [4.78, 5) is 62.3. The second-order valence-corrected chi connectivity index (χ2v) is 7.42. The van der Waals surface area contributed by atoms with E-state index >= 15 is 0 Å². The number of aromatic amines is 2. The summed E-state index contributed by atoms with van der Waals surface area (Å²) < 4.78 is 0. The Morgan fingerprint density at radius 3 is 1.84 bits per heavy atom. The molecule has 0 saturated heterocycles. The van der Waals surface area contributed by atoms with E-state index < -0.39 is 47.9 Å². The van der Waals surface area contributed by atoms with Gasteiger partial charge in [0, 0.05) is 42.4 Å². The molecule has 3 amide bonds. The fraction of sp³-hybridized carbons (Fsp3) is 0.444. The summed E-state index contributed by atoms with van der Waals surface area (Å²) in [5.74, 6) is -3.31. The fourth-order valence-corrected chi connectivity index (χ4v) is 2.94. The van der Waals surface area contributed by atoms with Crippen LogP contribution in [-0.4, -0.2) is 78.7 Å². The lowest BCUT2D eigenvalue weighted by atomic mass is 10.1. The van der Waals surface area contributed by atoms with Crippen molar-refractivity contribution in [1.82, 2.24) is 35.9 Å². The molecule has 0 spiro atoms. The van der Waals surface area contributed by atoms with Crippen molar-refractivity contribution >= 4 is 36.3 Å². The van der Waals surface area contributed by atoms with Crippen LogP contribution in [0.25, 0.3) is 0 Å². The number of nitrogens with one attached hydrogen (secondary N) is 5. The smallest absolute Gasteiger partial charge is 0.326 e. The molecule has 14 heteroatoms. The van der Waals surface area contributed by atoms with Gasteiger partial charge < -0.3 is 36.8 Å². The zero-order chi connectivity index (χ0) is 23.7. The van der Waals surface area contributed by atoms with Crippen molar-refractivity contribution in [2.24, 2.45) is 5.73 Å². The number of imidazole rings is 2. The highest BCUT2D eigenvalue weighted by Crippen LogP contribution is 2.03.